The van der Waals surface area contributed by atoms with Crippen LogP contribution in [0, 0.1) is 0 Å². The molecule has 4 aromatic rings. The SMILES string of the molecule is CN(C)Cc1cccc(-c2ccc3[nH]c(=O)c4[nH]ccc4c3c2)c1. The largest absolute Gasteiger partial charge is 0.357 e. The maximum Gasteiger partial charge on any atom is 0.272 e. The molecule has 4 nitrogen and oxygen atoms in total. The third-order valence-electron chi connectivity index (χ3n) is 4.29. The lowest BCUT2D eigenvalue weighted by molar-refractivity contribution is 0.402. The van der Waals surface area contributed by atoms with Crippen LogP contribution in [-0.2, 0) is 6.54 Å². The second-order valence-electron chi connectivity index (χ2n) is 6.42. The molecule has 2 aromatic heterocycles. The number of pyridine rings is 1. The summed E-state index contributed by atoms with van der Waals surface area (Å²) in [5.74, 6) is 0. The summed E-state index contributed by atoms with van der Waals surface area (Å²) in [5.41, 5.74) is 5.03. The Labute approximate surface area is 139 Å². The number of aromatic nitrogens is 2. The van der Waals surface area contributed by atoms with Crippen LogP contribution in [0.15, 0.2) is 59.5 Å². The smallest absolute Gasteiger partial charge is 0.272 e. The van der Waals surface area contributed by atoms with Gasteiger partial charge in [-0.1, -0.05) is 24.3 Å². The van der Waals surface area contributed by atoms with Crippen LogP contribution in [0.1, 0.15) is 5.56 Å². The van der Waals surface area contributed by atoms with Gasteiger partial charge in [0.05, 0.1) is 0 Å². The Bertz CT molecular complexity index is 1090. The maximum atomic E-state index is 12.1. The summed E-state index contributed by atoms with van der Waals surface area (Å²) in [5, 5.41) is 2.02. The van der Waals surface area contributed by atoms with Crippen molar-refractivity contribution in [2.75, 3.05) is 14.1 Å². The van der Waals surface area contributed by atoms with Crippen molar-refractivity contribution in [3.05, 3.63) is 70.6 Å². The first-order chi connectivity index (χ1) is 11.6. The van der Waals surface area contributed by atoms with Crippen molar-refractivity contribution in [3.63, 3.8) is 0 Å². The molecule has 4 heteroatoms. The van der Waals surface area contributed by atoms with Gasteiger partial charge < -0.3 is 14.9 Å². The molecule has 2 aromatic carbocycles. The number of rotatable bonds is 3. The normalized spacial score (nSPS) is 11.6. The minimum Gasteiger partial charge on any atom is -0.357 e. The van der Waals surface area contributed by atoms with Crippen LogP contribution in [0.2, 0.25) is 0 Å². The molecule has 0 atom stereocenters. The highest BCUT2D eigenvalue weighted by Crippen LogP contribution is 2.27. The molecule has 120 valence electrons. The van der Waals surface area contributed by atoms with Crippen molar-refractivity contribution >= 4 is 21.8 Å². The summed E-state index contributed by atoms with van der Waals surface area (Å²) in [6.45, 7) is 0.913. The van der Waals surface area contributed by atoms with E-state index in [2.05, 4.69) is 65.4 Å². The van der Waals surface area contributed by atoms with Gasteiger partial charge in [0.1, 0.15) is 5.52 Å². The number of hydrogen-bond acceptors (Lipinski definition) is 2. The number of benzene rings is 2. The second-order valence-corrected chi connectivity index (χ2v) is 6.42. The number of aromatic amines is 2. The Morgan fingerprint density at radius 3 is 2.62 bits per heavy atom. The van der Waals surface area contributed by atoms with Crippen molar-refractivity contribution in [1.82, 2.24) is 14.9 Å². The van der Waals surface area contributed by atoms with E-state index in [0.29, 0.717) is 5.52 Å². The van der Waals surface area contributed by atoms with Gasteiger partial charge >= 0.3 is 0 Å². The average molecular weight is 317 g/mol. The lowest BCUT2D eigenvalue weighted by atomic mass is 10.00. The van der Waals surface area contributed by atoms with Gasteiger partial charge in [-0.3, -0.25) is 4.79 Å². The fraction of sp³-hybridized carbons (Fsp3) is 0.150. The standard InChI is InChI=1S/C20H19N3O/c1-23(2)12-13-4-3-5-14(10-13)15-6-7-18-17(11-15)16-8-9-21-19(16)20(24)22-18/h3-11,21H,12H2,1-2H3,(H,22,24). The monoisotopic (exact) mass is 317 g/mol. The number of fused-ring (bicyclic) bond motifs is 3. The highest BCUT2D eigenvalue weighted by Gasteiger charge is 2.08. The first-order valence-electron chi connectivity index (χ1n) is 7.99. The fourth-order valence-electron chi connectivity index (χ4n) is 3.24. The molecule has 24 heavy (non-hydrogen) atoms. The van der Waals surface area contributed by atoms with Gasteiger partial charge in [0.2, 0.25) is 0 Å². The van der Waals surface area contributed by atoms with Crippen LogP contribution in [0.4, 0.5) is 0 Å². The van der Waals surface area contributed by atoms with Crippen LogP contribution in [-0.4, -0.2) is 29.0 Å². The Balaban J connectivity index is 1.89. The van der Waals surface area contributed by atoms with E-state index in [4.69, 9.17) is 0 Å². The Kier molecular flexibility index (Phi) is 3.47. The van der Waals surface area contributed by atoms with Crippen molar-refractivity contribution < 1.29 is 0 Å². The van der Waals surface area contributed by atoms with E-state index >= 15 is 0 Å². The molecule has 0 aliphatic heterocycles. The number of H-pyrrole nitrogens is 2. The molecule has 0 spiro atoms. The molecule has 0 amide bonds. The molecule has 2 heterocycles. The summed E-state index contributed by atoms with van der Waals surface area (Å²) in [6.07, 6.45) is 1.81. The lowest BCUT2D eigenvalue weighted by Gasteiger charge is -2.11. The second kappa shape index (κ2) is 5.65. The topological polar surface area (TPSA) is 51.9 Å². The van der Waals surface area contributed by atoms with Gasteiger partial charge in [0.15, 0.2) is 0 Å². The highest BCUT2D eigenvalue weighted by atomic mass is 16.1. The fourth-order valence-corrected chi connectivity index (χ4v) is 3.24. The number of hydrogen-bond donors (Lipinski definition) is 2. The molecular weight excluding hydrogens is 298 g/mol. The summed E-state index contributed by atoms with van der Waals surface area (Å²) < 4.78 is 0. The third kappa shape index (κ3) is 2.51. The predicted octanol–water partition coefficient (Wildman–Crippen LogP) is 3.74. The molecule has 0 aliphatic rings. The summed E-state index contributed by atoms with van der Waals surface area (Å²) in [4.78, 5) is 20.2. The zero-order valence-electron chi connectivity index (χ0n) is 13.8. The van der Waals surface area contributed by atoms with E-state index in [9.17, 15) is 4.79 Å². The summed E-state index contributed by atoms with van der Waals surface area (Å²) in [7, 11) is 4.14. The van der Waals surface area contributed by atoms with E-state index in [1.807, 2.05) is 18.3 Å². The van der Waals surface area contributed by atoms with E-state index in [1.165, 1.54) is 11.1 Å². The zero-order chi connectivity index (χ0) is 16.7. The lowest BCUT2D eigenvalue weighted by Crippen LogP contribution is -2.10. The van der Waals surface area contributed by atoms with Crippen molar-refractivity contribution in [3.8, 4) is 11.1 Å². The molecule has 0 fully saturated rings. The minimum absolute atomic E-state index is 0.0803. The van der Waals surface area contributed by atoms with Gasteiger partial charge in [0, 0.05) is 29.0 Å². The van der Waals surface area contributed by atoms with Crippen molar-refractivity contribution in [2.45, 2.75) is 6.54 Å². The van der Waals surface area contributed by atoms with Crippen molar-refractivity contribution in [2.24, 2.45) is 0 Å². The van der Waals surface area contributed by atoms with E-state index in [1.54, 1.807) is 0 Å². The van der Waals surface area contributed by atoms with Gasteiger partial charge in [-0.25, -0.2) is 0 Å². The molecule has 0 unspecified atom stereocenters. The molecule has 0 aliphatic carbocycles. The average Bonchev–Trinajstić information content (AvgIpc) is 3.05. The summed E-state index contributed by atoms with van der Waals surface area (Å²) in [6, 6.07) is 16.7. The third-order valence-corrected chi connectivity index (χ3v) is 4.29. The first-order valence-corrected chi connectivity index (χ1v) is 7.99. The van der Waals surface area contributed by atoms with E-state index < -0.39 is 0 Å². The van der Waals surface area contributed by atoms with E-state index in [-0.39, 0.29) is 5.56 Å². The van der Waals surface area contributed by atoms with Gasteiger partial charge in [-0.15, -0.1) is 0 Å². The summed E-state index contributed by atoms with van der Waals surface area (Å²) >= 11 is 0. The van der Waals surface area contributed by atoms with Crippen LogP contribution in [0.5, 0.6) is 0 Å². The molecular formula is C20H19N3O. The van der Waals surface area contributed by atoms with Gasteiger partial charge in [-0.05, 0) is 55.1 Å². The zero-order valence-corrected chi connectivity index (χ0v) is 13.8. The molecule has 0 saturated heterocycles. The van der Waals surface area contributed by atoms with Crippen LogP contribution in [0.3, 0.4) is 0 Å². The Morgan fingerprint density at radius 1 is 0.958 bits per heavy atom. The van der Waals surface area contributed by atoms with Crippen LogP contribution < -0.4 is 5.56 Å². The van der Waals surface area contributed by atoms with Crippen LogP contribution in [0.25, 0.3) is 32.9 Å². The molecule has 0 saturated carbocycles. The molecule has 2 N–H and O–H groups in total. The molecule has 0 bridgehead atoms. The van der Waals surface area contributed by atoms with E-state index in [0.717, 1.165) is 28.4 Å². The maximum absolute atomic E-state index is 12.1. The van der Waals surface area contributed by atoms with Crippen LogP contribution >= 0.6 is 0 Å². The molecule has 0 radical (unpaired) electrons. The quantitative estimate of drug-likeness (QED) is 0.605. The van der Waals surface area contributed by atoms with Gasteiger partial charge in [0.25, 0.3) is 5.56 Å². The Hall–Kier alpha value is -2.85. The highest BCUT2D eigenvalue weighted by molar-refractivity contribution is 6.05. The Morgan fingerprint density at radius 2 is 1.79 bits per heavy atom. The molecule has 4 rings (SSSR count). The number of nitrogens with zero attached hydrogens (tertiary/aromatic N) is 1. The first kappa shape index (κ1) is 14.7. The van der Waals surface area contributed by atoms with Gasteiger partial charge in [-0.2, -0.15) is 0 Å². The minimum atomic E-state index is -0.0803. The van der Waals surface area contributed by atoms with Crippen molar-refractivity contribution in [1.29, 1.82) is 0 Å². The predicted molar refractivity (Wildman–Crippen MR) is 99.3 cm³/mol. The number of nitrogens with one attached hydrogen (secondary N) is 2.